The van der Waals surface area contributed by atoms with E-state index >= 15 is 0 Å². The van der Waals surface area contributed by atoms with E-state index in [2.05, 4.69) is 47.6 Å². The fourth-order valence-corrected chi connectivity index (χ4v) is 13.4. The van der Waals surface area contributed by atoms with E-state index in [-0.39, 0.29) is 28.3 Å². The van der Waals surface area contributed by atoms with Gasteiger partial charge in [0, 0.05) is 21.6 Å². The Morgan fingerprint density at radius 1 is 0.871 bits per heavy atom. The lowest BCUT2D eigenvalue weighted by atomic mass is 9.46. The lowest BCUT2D eigenvalue weighted by molar-refractivity contribution is -0.316. The highest BCUT2D eigenvalue weighted by molar-refractivity contribution is 6.04. The SMILES string of the molecule is COc1ccc2cc3cccc(OC4C(CO)OC(OC5CCC6(C)C(=CCC7=C6CCC6(C)C(C(C)CCCC(C)C(=O)O)CCC76C)C5(C)C)C(O)C4O)c3cc2c1OC. The smallest absolute Gasteiger partial charge is 0.306 e. The Hall–Kier alpha value is -3.67. The van der Waals surface area contributed by atoms with Crippen molar-refractivity contribution in [2.45, 2.75) is 149 Å². The zero-order valence-corrected chi connectivity index (χ0v) is 38.3. The van der Waals surface area contributed by atoms with Gasteiger partial charge in [-0.15, -0.1) is 0 Å². The third kappa shape index (κ3) is 7.15. The van der Waals surface area contributed by atoms with Gasteiger partial charge in [0.15, 0.2) is 23.9 Å². The van der Waals surface area contributed by atoms with Gasteiger partial charge in [-0.1, -0.05) is 102 Å². The van der Waals surface area contributed by atoms with Crippen LogP contribution in [0.2, 0.25) is 0 Å². The molecule has 0 amide bonds. The molecule has 10 heteroatoms. The van der Waals surface area contributed by atoms with Crippen molar-refractivity contribution in [1.82, 2.24) is 0 Å². The summed E-state index contributed by atoms with van der Waals surface area (Å²) in [4.78, 5) is 11.5. The lowest BCUT2D eigenvalue weighted by Gasteiger charge is -2.59. The number of rotatable bonds is 13. The van der Waals surface area contributed by atoms with Crippen LogP contribution in [-0.2, 0) is 14.3 Å². The summed E-state index contributed by atoms with van der Waals surface area (Å²) in [5, 5.41) is 47.0. The first-order chi connectivity index (χ1) is 29.4. The molecule has 10 nitrogen and oxygen atoms in total. The van der Waals surface area contributed by atoms with Crippen molar-refractivity contribution < 1.29 is 48.9 Å². The highest BCUT2D eigenvalue weighted by Crippen LogP contribution is 2.71. The maximum atomic E-state index is 11.7. The van der Waals surface area contributed by atoms with Crippen LogP contribution in [-0.4, -0.2) is 84.0 Å². The lowest BCUT2D eigenvalue weighted by Crippen LogP contribution is -2.62. The van der Waals surface area contributed by atoms with E-state index in [9.17, 15) is 25.2 Å². The number of benzene rings is 3. The Bertz CT molecular complexity index is 2240. The minimum Gasteiger partial charge on any atom is -0.493 e. The molecule has 338 valence electrons. The van der Waals surface area contributed by atoms with E-state index < -0.39 is 48.7 Å². The zero-order chi connectivity index (χ0) is 44.5. The number of hydrogen-bond acceptors (Lipinski definition) is 9. The van der Waals surface area contributed by atoms with Crippen molar-refractivity contribution in [3.63, 3.8) is 0 Å². The molecule has 12 unspecified atom stereocenters. The van der Waals surface area contributed by atoms with Crippen LogP contribution in [0.15, 0.2) is 65.3 Å². The topological polar surface area (TPSA) is 144 Å². The summed E-state index contributed by atoms with van der Waals surface area (Å²) < 4.78 is 30.9. The van der Waals surface area contributed by atoms with Gasteiger partial charge in [-0.2, -0.15) is 0 Å². The summed E-state index contributed by atoms with van der Waals surface area (Å²) in [6.07, 6.45) is 6.18. The molecule has 4 aliphatic carbocycles. The van der Waals surface area contributed by atoms with E-state index in [1.807, 2.05) is 49.4 Å². The Balaban J connectivity index is 0.977. The second-order valence-corrected chi connectivity index (χ2v) is 20.7. The van der Waals surface area contributed by atoms with Crippen molar-refractivity contribution in [3.05, 3.63) is 65.3 Å². The first-order valence-electron chi connectivity index (χ1n) is 23.1. The Morgan fingerprint density at radius 3 is 2.34 bits per heavy atom. The number of ether oxygens (including phenoxy) is 5. The van der Waals surface area contributed by atoms with E-state index in [4.69, 9.17) is 23.7 Å². The molecule has 0 bridgehead atoms. The number of methoxy groups -OCH3 is 2. The summed E-state index contributed by atoms with van der Waals surface area (Å²) in [6, 6.07) is 13.5. The van der Waals surface area contributed by atoms with Gasteiger partial charge in [0.05, 0.1) is 32.8 Å². The number of aliphatic carboxylic acids is 1. The quantitative estimate of drug-likeness (QED) is 0.0969. The number of fused-ring (bicyclic) bond motifs is 6. The minimum atomic E-state index is -1.42. The van der Waals surface area contributed by atoms with Crippen molar-refractivity contribution in [2.24, 2.45) is 39.4 Å². The van der Waals surface area contributed by atoms with E-state index in [1.165, 1.54) is 18.4 Å². The van der Waals surface area contributed by atoms with Crippen LogP contribution in [0.25, 0.3) is 21.5 Å². The average Bonchev–Trinajstić information content (AvgIpc) is 3.53. The molecule has 0 radical (unpaired) electrons. The van der Waals surface area contributed by atoms with E-state index in [0.717, 1.165) is 72.9 Å². The summed E-state index contributed by atoms with van der Waals surface area (Å²) in [5.41, 5.74) is 4.47. The van der Waals surface area contributed by atoms with Gasteiger partial charge in [0.1, 0.15) is 24.1 Å². The minimum absolute atomic E-state index is 0.102. The van der Waals surface area contributed by atoms with Gasteiger partial charge in [0.2, 0.25) is 0 Å². The van der Waals surface area contributed by atoms with Gasteiger partial charge in [-0.3, -0.25) is 4.79 Å². The van der Waals surface area contributed by atoms with Crippen LogP contribution < -0.4 is 14.2 Å². The zero-order valence-electron chi connectivity index (χ0n) is 38.3. The van der Waals surface area contributed by atoms with Crippen molar-refractivity contribution >= 4 is 27.5 Å². The number of aliphatic hydroxyl groups excluding tert-OH is 3. The highest BCUT2D eigenvalue weighted by Gasteiger charge is 2.62. The van der Waals surface area contributed by atoms with Crippen LogP contribution in [0, 0.1) is 39.4 Å². The Morgan fingerprint density at radius 2 is 1.63 bits per heavy atom. The molecule has 3 aromatic carbocycles. The number of hydrogen-bond donors (Lipinski definition) is 4. The van der Waals surface area contributed by atoms with Crippen LogP contribution in [0.3, 0.4) is 0 Å². The van der Waals surface area contributed by atoms with Gasteiger partial charge < -0.3 is 44.1 Å². The van der Waals surface area contributed by atoms with E-state index in [0.29, 0.717) is 29.1 Å². The second-order valence-electron chi connectivity index (χ2n) is 20.7. The first kappa shape index (κ1) is 44.9. The molecular weight excluding hydrogens is 785 g/mol. The Labute approximate surface area is 367 Å². The maximum absolute atomic E-state index is 11.7. The molecule has 1 aliphatic heterocycles. The third-order valence-corrected chi connectivity index (χ3v) is 17.2. The van der Waals surface area contributed by atoms with Crippen LogP contribution >= 0.6 is 0 Å². The monoisotopic (exact) mass is 854 g/mol. The summed E-state index contributed by atoms with van der Waals surface area (Å²) in [7, 11) is 3.21. The standard InChI is InChI=1S/C52H70O10/c1-29(12-10-13-30(2)47(56)57)35-20-24-52(7)37-17-19-41-49(3,4)42(22-23-50(41,5)36(37)21-25-51(35,52)6)62-48-44(55)43(54)46(40(28-53)61-48)60-38-15-11-14-31-26-32-16-18-39(58-8)45(59-9)34(32)27-33(31)38/h11,14-16,18-19,26-27,29-30,35,40,42-44,46,48,53-55H,10,12-13,17,20-25,28H2,1-9H3,(H,56,57). The molecule has 3 fully saturated rings. The fourth-order valence-electron chi connectivity index (χ4n) is 13.4. The molecule has 12 atom stereocenters. The van der Waals surface area contributed by atoms with Gasteiger partial charge in [-0.05, 0) is 109 Å². The number of aliphatic hydroxyl groups is 3. The third-order valence-electron chi connectivity index (χ3n) is 17.2. The molecule has 4 N–H and O–H groups in total. The van der Waals surface area contributed by atoms with Gasteiger partial charge >= 0.3 is 5.97 Å². The molecule has 2 saturated carbocycles. The van der Waals surface area contributed by atoms with Crippen molar-refractivity contribution in [1.29, 1.82) is 0 Å². The van der Waals surface area contributed by atoms with E-state index in [1.54, 1.807) is 25.4 Å². The fraction of sp³-hybridized carbons (Fsp3) is 0.635. The molecule has 5 aliphatic rings. The summed E-state index contributed by atoms with van der Waals surface area (Å²) in [6.45, 7) is 15.8. The molecular formula is C52H70O10. The molecule has 0 aromatic heterocycles. The second kappa shape index (κ2) is 16.7. The molecule has 1 saturated heterocycles. The summed E-state index contributed by atoms with van der Waals surface area (Å²) >= 11 is 0. The number of allylic oxidation sites excluding steroid dienone is 3. The normalized spacial score (nSPS) is 35.1. The maximum Gasteiger partial charge on any atom is 0.306 e. The number of carbonyl (C=O) groups is 1. The molecule has 1 heterocycles. The molecule has 3 aromatic rings. The molecule has 0 spiro atoms. The Kier molecular flexibility index (Phi) is 12.1. The molecule has 8 rings (SSSR count). The number of carboxylic acids is 1. The van der Waals surface area contributed by atoms with Crippen molar-refractivity contribution in [2.75, 3.05) is 20.8 Å². The summed E-state index contributed by atoms with van der Waals surface area (Å²) in [5.74, 6) is 1.86. The molecule has 62 heavy (non-hydrogen) atoms. The predicted octanol–water partition coefficient (Wildman–Crippen LogP) is 9.78. The highest BCUT2D eigenvalue weighted by atomic mass is 16.7. The predicted molar refractivity (Wildman–Crippen MR) is 240 cm³/mol. The van der Waals surface area contributed by atoms with Crippen LogP contribution in [0.4, 0.5) is 0 Å². The van der Waals surface area contributed by atoms with Crippen LogP contribution in [0.5, 0.6) is 17.2 Å². The first-order valence-corrected chi connectivity index (χ1v) is 23.1. The largest absolute Gasteiger partial charge is 0.493 e. The van der Waals surface area contributed by atoms with Crippen molar-refractivity contribution in [3.8, 4) is 17.2 Å². The number of carboxylic acid groups (broad SMARTS) is 1. The average molecular weight is 855 g/mol. The van der Waals surface area contributed by atoms with Crippen LogP contribution in [0.1, 0.15) is 113 Å². The van der Waals surface area contributed by atoms with Gasteiger partial charge in [0.25, 0.3) is 0 Å². The van der Waals surface area contributed by atoms with Gasteiger partial charge in [-0.25, -0.2) is 0 Å².